The third kappa shape index (κ3) is 4.79. The minimum Gasteiger partial charge on any atom is -0.493 e. The average molecular weight is 335 g/mol. The van der Waals surface area contributed by atoms with Gasteiger partial charge in [-0.2, -0.15) is 0 Å². The van der Waals surface area contributed by atoms with E-state index in [1.807, 2.05) is 24.3 Å². The van der Waals surface area contributed by atoms with Crippen LogP contribution in [0.1, 0.15) is 5.56 Å². The van der Waals surface area contributed by atoms with Crippen molar-refractivity contribution in [2.24, 2.45) is 0 Å². The zero-order chi connectivity index (χ0) is 16.7. The van der Waals surface area contributed by atoms with Crippen LogP contribution in [0, 0.1) is 0 Å². The molecule has 0 aromatic heterocycles. The summed E-state index contributed by atoms with van der Waals surface area (Å²) in [5, 5.41) is 6.50. The molecule has 122 valence electrons. The SMILES string of the molecule is COc1ccc(NCC(=O)NCc2ccccc2Cl)cc1OC. The van der Waals surface area contributed by atoms with Gasteiger partial charge in [0.05, 0.1) is 20.8 Å². The van der Waals surface area contributed by atoms with Crippen molar-refractivity contribution >= 4 is 23.2 Å². The van der Waals surface area contributed by atoms with Crippen LogP contribution in [0.25, 0.3) is 0 Å². The van der Waals surface area contributed by atoms with Gasteiger partial charge in [-0.1, -0.05) is 29.8 Å². The van der Waals surface area contributed by atoms with E-state index in [4.69, 9.17) is 21.1 Å². The van der Waals surface area contributed by atoms with E-state index in [1.165, 1.54) is 0 Å². The predicted molar refractivity (Wildman–Crippen MR) is 91.3 cm³/mol. The van der Waals surface area contributed by atoms with Gasteiger partial charge in [-0.25, -0.2) is 0 Å². The zero-order valence-electron chi connectivity index (χ0n) is 13.1. The molecule has 5 nitrogen and oxygen atoms in total. The summed E-state index contributed by atoms with van der Waals surface area (Å²) in [4.78, 5) is 11.9. The Labute approximate surface area is 140 Å². The first-order chi connectivity index (χ1) is 11.1. The highest BCUT2D eigenvalue weighted by Crippen LogP contribution is 2.29. The number of methoxy groups -OCH3 is 2. The van der Waals surface area contributed by atoms with Gasteiger partial charge in [0.1, 0.15) is 0 Å². The van der Waals surface area contributed by atoms with Gasteiger partial charge in [0.25, 0.3) is 0 Å². The second-order valence-electron chi connectivity index (χ2n) is 4.79. The second-order valence-corrected chi connectivity index (χ2v) is 5.20. The zero-order valence-corrected chi connectivity index (χ0v) is 13.8. The molecule has 1 amide bonds. The van der Waals surface area contributed by atoms with Crippen molar-refractivity contribution in [2.45, 2.75) is 6.54 Å². The van der Waals surface area contributed by atoms with Crippen LogP contribution >= 0.6 is 11.6 Å². The molecular formula is C17H19ClN2O3. The molecule has 0 atom stereocenters. The average Bonchev–Trinajstić information content (AvgIpc) is 2.58. The lowest BCUT2D eigenvalue weighted by atomic mass is 10.2. The third-order valence-corrected chi connectivity index (χ3v) is 3.64. The fourth-order valence-electron chi connectivity index (χ4n) is 2.03. The van der Waals surface area contributed by atoms with Crippen molar-refractivity contribution in [3.8, 4) is 11.5 Å². The fraction of sp³-hybridized carbons (Fsp3) is 0.235. The van der Waals surface area contributed by atoms with Crippen molar-refractivity contribution in [1.82, 2.24) is 5.32 Å². The summed E-state index contributed by atoms with van der Waals surface area (Å²) < 4.78 is 10.4. The number of amides is 1. The molecule has 2 rings (SSSR count). The molecule has 0 saturated heterocycles. The maximum Gasteiger partial charge on any atom is 0.239 e. The number of hydrogen-bond acceptors (Lipinski definition) is 4. The highest BCUT2D eigenvalue weighted by Gasteiger charge is 2.07. The van der Waals surface area contributed by atoms with Crippen molar-refractivity contribution in [3.63, 3.8) is 0 Å². The van der Waals surface area contributed by atoms with Crippen molar-refractivity contribution in [3.05, 3.63) is 53.1 Å². The van der Waals surface area contributed by atoms with E-state index in [9.17, 15) is 4.79 Å². The quantitative estimate of drug-likeness (QED) is 0.817. The lowest BCUT2D eigenvalue weighted by molar-refractivity contribution is -0.119. The number of anilines is 1. The molecule has 0 saturated carbocycles. The van der Waals surface area contributed by atoms with Crippen molar-refractivity contribution in [2.75, 3.05) is 26.1 Å². The Morgan fingerprint density at radius 3 is 2.52 bits per heavy atom. The van der Waals surface area contributed by atoms with Crippen LogP contribution in [0.2, 0.25) is 5.02 Å². The second kappa shape index (κ2) is 8.29. The maximum atomic E-state index is 11.9. The Bertz CT molecular complexity index is 677. The van der Waals surface area contributed by atoms with E-state index in [2.05, 4.69) is 10.6 Å². The Balaban J connectivity index is 1.86. The minimum atomic E-state index is -0.125. The van der Waals surface area contributed by atoms with E-state index >= 15 is 0 Å². The van der Waals surface area contributed by atoms with Gasteiger partial charge >= 0.3 is 0 Å². The predicted octanol–water partition coefficient (Wildman–Crippen LogP) is 3.09. The molecule has 0 heterocycles. The summed E-state index contributed by atoms with van der Waals surface area (Å²) in [5.41, 5.74) is 1.66. The molecule has 0 spiro atoms. The number of hydrogen-bond donors (Lipinski definition) is 2. The van der Waals surface area contributed by atoms with E-state index in [1.54, 1.807) is 32.4 Å². The summed E-state index contributed by atoms with van der Waals surface area (Å²) in [6, 6.07) is 12.8. The minimum absolute atomic E-state index is 0.125. The molecule has 0 fully saturated rings. The molecule has 0 radical (unpaired) electrons. The molecule has 0 aliphatic rings. The Morgan fingerprint density at radius 2 is 1.83 bits per heavy atom. The molecule has 2 aromatic rings. The van der Waals surface area contributed by atoms with Gasteiger partial charge in [-0.3, -0.25) is 4.79 Å². The molecule has 2 N–H and O–H groups in total. The molecule has 0 unspecified atom stereocenters. The van der Waals surface area contributed by atoms with E-state index < -0.39 is 0 Å². The number of ether oxygens (including phenoxy) is 2. The summed E-state index contributed by atoms with van der Waals surface area (Å²) >= 11 is 6.05. The number of halogens is 1. The molecule has 0 bridgehead atoms. The van der Waals surface area contributed by atoms with Crippen LogP contribution in [0.4, 0.5) is 5.69 Å². The number of carbonyl (C=O) groups excluding carboxylic acids is 1. The summed E-state index contributed by atoms with van der Waals surface area (Å²) in [7, 11) is 3.14. The van der Waals surface area contributed by atoms with Gasteiger partial charge in [0.15, 0.2) is 11.5 Å². The highest BCUT2D eigenvalue weighted by molar-refractivity contribution is 6.31. The number of rotatable bonds is 7. The molecular weight excluding hydrogens is 316 g/mol. The van der Waals surface area contributed by atoms with Crippen molar-refractivity contribution < 1.29 is 14.3 Å². The van der Waals surface area contributed by atoms with E-state index in [0.29, 0.717) is 23.1 Å². The molecule has 6 heteroatoms. The summed E-state index contributed by atoms with van der Waals surface area (Å²) in [6.07, 6.45) is 0. The molecule has 0 aliphatic carbocycles. The highest BCUT2D eigenvalue weighted by atomic mass is 35.5. The Morgan fingerprint density at radius 1 is 1.09 bits per heavy atom. The van der Waals surface area contributed by atoms with Gasteiger partial charge in [0.2, 0.25) is 5.91 Å². The normalized spacial score (nSPS) is 10.0. The van der Waals surface area contributed by atoms with Gasteiger partial charge in [-0.05, 0) is 23.8 Å². The lowest BCUT2D eigenvalue weighted by Gasteiger charge is -2.11. The maximum absolute atomic E-state index is 11.9. The smallest absolute Gasteiger partial charge is 0.239 e. The first-order valence-corrected chi connectivity index (χ1v) is 7.48. The van der Waals surface area contributed by atoms with Crippen LogP contribution in [-0.2, 0) is 11.3 Å². The summed E-state index contributed by atoms with van der Waals surface area (Å²) in [5.74, 6) is 1.12. The number of nitrogens with one attached hydrogen (secondary N) is 2. The molecule has 0 aliphatic heterocycles. The van der Waals surface area contributed by atoms with E-state index in [0.717, 1.165) is 11.3 Å². The number of benzene rings is 2. The Hall–Kier alpha value is -2.40. The third-order valence-electron chi connectivity index (χ3n) is 3.27. The topological polar surface area (TPSA) is 59.6 Å². The number of carbonyl (C=O) groups is 1. The van der Waals surface area contributed by atoms with Gasteiger partial charge < -0.3 is 20.1 Å². The lowest BCUT2D eigenvalue weighted by Crippen LogP contribution is -2.29. The summed E-state index contributed by atoms with van der Waals surface area (Å²) in [6.45, 7) is 0.548. The van der Waals surface area contributed by atoms with Crippen LogP contribution in [0.15, 0.2) is 42.5 Å². The first-order valence-electron chi connectivity index (χ1n) is 7.10. The largest absolute Gasteiger partial charge is 0.493 e. The van der Waals surface area contributed by atoms with Crippen LogP contribution in [0.5, 0.6) is 11.5 Å². The Kier molecular flexibility index (Phi) is 6.11. The van der Waals surface area contributed by atoms with Crippen LogP contribution < -0.4 is 20.1 Å². The van der Waals surface area contributed by atoms with Gasteiger partial charge in [-0.15, -0.1) is 0 Å². The standard InChI is InChI=1S/C17H19ClN2O3/c1-22-15-8-7-13(9-16(15)23-2)19-11-17(21)20-10-12-5-3-4-6-14(12)18/h3-9,19H,10-11H2,1-2H3,(H,20,21). The monoisotopic (exact) mass is 334 g/mol. The fourth-order valence-corrected chi connectivity index (χ4v) is 2.23. The van der Waals surface area contributed by atoms with Gasteiger partial charge in [0, 0.05) is 23.3 Å². The first kappa shape index (κ1) is 17.0. The van der Waals surface area contributed by atoms with Crippen LogP contribution in [0.3, 0.4) is 0 Å². The molecule has 23 heavy (non-hydrogen) atoms. The van der Waals surface area contributed by atoms with Crippen LogP contribution in [-0.4, -0.2) is 26.7 Å². The van der Waals surface area contributed by atoms with Crippen molar-refractivity contribution in [1.29, 1.82) is 0 Å². The molecule has 2 aromatic carbocycles. The van der Waals surface area contributed by atoms with E-state index in [-0.39, 0.29) is 12.5 Å².